The van der Waals surface area contributed by atoms with Crippen molar-refractivity contribution in [2.45, 2.75) is 78.1 Å². The minimum absolute atomic E-state index is 0.0118. The topological polar surface area (TPSA) is 86.7 Å². The molecule has 2 rings (SSSR count). The Bertz CT molecular complexity index is 647. The van der Waals surface area contributed by atoms with Crippen molar-refractivity contribution < 1.29 is 28.7 Å². The summed E-state index contributed by atoms with van der Waals surface area (Å²) in [6.07, 6.45) is 14.3. The van der Waals surface area contributed by atoms with E-state index >= 15 is 0 Å². The Labute approximate surface area is 191 Å². The van der Waals surface area contributed by atoms with Crippen molar-refractivity contribution in [3.63, 3.8) is 0 Å². The zero-order valence-corrected chi connectivity index (χ0v) is 19.6. The maximum absolute atomic E-state index is 12.2. The first-order valence-electron chi connectivity index (χ1n) is 12.1. The zero-order chi connectivity index (χ0) is 23.3. The smallest absolute Gasteiger partial charge is 0.306 e. The van der Waals surface area contributed by atoms with E-state index in [2.05, 4.69) is 0 Å². The van der Waals surface area contributed by atoms with Gasteiger partial charge in [-0.2, -0.15) is 0 Å². The van der Waals surface area contributed by atoms with Crippen molar-refractivity contribution in [1.29, 1.82) is 0 Å². The van der Waals surface area contributed by atoms with Gasteiger partial charge in [0.05, 0.1) is 0 Å². The van der Waals surface area contributed by atoms with Crippen LogP contribution in [0.5, 0.6) is 0 Å². The molecule has 0 amide bonds. The second-order valence-electron chi connectivity index (χ2n) is 8.82. The van der Waals surface area contributed by atoms with Gasteiger partial charge >= 0.3 is 11.9 Å². The molecule has 178 valence electrons. The normalized spacial score (nSPS) is 25.8. The lowest BCUT2D eigenvalue weighted by molar-refractivity contribution is -0.153. The fourth-order valence-corrected chi connectivity index (χ4v) is 4.77. The number of carbonyl (C=O) groups is 4. The summed E-state index contributed by atoms with van der Waals surface area (Å²) in [6, 6.07) is 0. The second kappa shape index (κ2) is 14.0. The Morgan fingerprint density at radius 3 is 1.53 bits per heavy atom. The molecule has 2 fully saturated rings. The van der Waals surface area contributed by atoms with Crippen molar-refractivity contribution in [2.75, 3.05) is 13.2 Å². The number of hydrogen-bond donors (Lipinski definition) is 0. The molecule has 32 heavy (non-hydrogen) atoms. The molecule has 0 radical (unpaired) electrons. The molecule has 0 saturated heterocycles. The number of ether oxygens (including phenoxy) is 2. The maximum Gasteiger partial charge on any atom is 0.306 e. The number of allylic oxidation sites excluding steroid dienone is 4. The molecule has 4 unspecified atom stereocenters. The Balaban J connectivity index is 1.66. The van der Waals surface area contributed by atoms with Crippen molar-refractivity contribution in [3.05, 3.63) is 24.3 Å². The zero-order valence-electron chi connectivity index (χ0n) is 19.6. The highest BCUT2D eigenvalue weighted by molar-refractivity contribution is 5.85. The molecule has 0 spiro atoms. The Morgan fingerprint density at radius 1 is 0.750 bits per heavy atom. The molecule has 0 aromatic heterocycles. The van der Waals surface area contributed by atoms with Crippen LogP contribution in [-0.2, 0) is 28.7 Å². The van der Waals surface area contributed by atoms with E-state index in [1.165, 1.54) is 0 Å². The highest BCUT2D eigenvalue weighted by atomic mass is 16.6. The van der Waals surface area contributed by atoms with Crippen LogP contribution in [0.2, 0.25) is 0 Å². The third-order valence-corrected chi connectivity index (χ3v) is 6.54. The van der Waals surface area contributed by atoms with Crippen LogP contribution in [0.1, 0.15) is 78.1 Å². The van der Waals surface area contributed by atoms with Gasteiger partial charge in [0.25, 0.3) is 0 Å². The summed E-state index contributed by atoms with van der Waals surface area (Å²) < 4.78 is 10.5. The summed E-state index contributed by atoms with van der Waals surface area (Å²) in [7, 11) is 0. The standard InChI is InChI=1S/C26H38O6/c1-3-5-7-9-21-19(11-13-23(21)27)17-25(29)31-15-16-32-26(30)18-20-12-14-24(28)22(20)10-8-6-4-2/h5-8,19-22H,3-4,9-18H2,1-2H3/b7-5-,8-6-. The third-order valence-electron chi connectivity index (χ3n) is 6.54. The van der Waals surface area contributed by atoms with Gasteiger partial charge in [0.15, 0.2) is 0 Å². The number of ketones is 2. The van der Waals surface area contributed by atoms with Crippen LogP contribution in [0.15, 0.2) is 24.3 Å². The van der Waals surface area contributed by atoms with E-state index in [0.29, 0.717) is 25.7 Å². The summed E-state index contributed by atoms with van der Waals surface area (Å²) in [4.78, 5) is 48.5. The van der Waals surface area contributed by atoms with Crippen LogP contribution in [0.3, 0.4) is 0 Å². The monoisotopic (exact) mass is 446 g/mol. The quantitative estimate of drug-likeness (QED) is 0.230. The first-order chi connectivity index (χ1) is 15.5. The van der Waals surface area contributed by atoms with E-state index in [1.54, 1.807) is 0 Å². The molecule has 0 heterocycles. The molecule has 0 aromatic carbocycles. The Hall–Kier alpha value is -2.24. The summed E-state index contributed by atoms with van der Waals surface area (Å²) >= 11 is 0. The van der Waals surface area contributed by atoms with Gasteiger partial charge in [-0.25, -0.2) is 0 Å². The molecule has 0 N–H and O–H groups in total. The second-order valence-corrected chi connectivity index (χ2v) is 8.82. The molecule has 0 aromatic rings. The van der Waals surface area contributed by atoms with E-state index in [1.807, 2.05) is 38.2 Å². The van der Waals surface area contributed by atoms with Gasteiger partial charge in [-0.1, -0.05) is 38.2 Å². The highest BCUT2D eigenvalue weighted by Crippen LogP contribution is 2.35. The summed E-state index contributed by atoms with van der Waals surface area (Å²) in [5, 5.41) is 0. The van der Waals surface area contributed by atoms with Gasteiger partial charge in [-0.15, -0.1) is 0 Å². The van der Waals surface area contributed by atoms with E-state index in [0.717, 1.165) is 25.7 Å². The van der Waals surface area contributed by atoms with Crippen LogP contribution in [0.4, 0.5) is 0 Å². The Kier molecular flexibility index (Phi) is 11.4. The lowest BCUT2D eigenvalue weighted by Gasteiger charge is -2.17. The molecular weight excluding hydrogens is 408 g/mol. The first kappa shape index (κ1) is 26.0. The number of carbonyl (C=O) groups excluding carboxylic acids is 4. The van der Waals surface area contributed by atoms with Crippen LogP contribution in [0, 0.1) is 23.7 Å². The average Bonchev–Trinajstić information content (AvgIpc) is 3.28. The number of rotatable bonds is 13. The molecule has 6 nitrogen and oxygen atoms in total. The van der Waals surface area contributed by atoms with E-state index in [-0.39, 0.29) is 73.2 Å². The van der Waals surface area contributed by atoms with E-state index in [4.69, 9.17) is 9.47 Å². The van der Waals surface area contributed by atoms with Gasteiger partial charge < -0.3 is 9.47 Å². The molecule has 0 bridgehead atoms. The SMILES string of the molecule is CC/C=C\CC1C(=O)CCC1CC(=O)OCCOC(=O)CC1CCC(=O)C1C/C=C\CC. The van der Waals surface area contributed by atoms with Crippen molar-refractivity contribution >= 4 is 23.5 Å². The fourth-order valence-electron chi connectivity index (χ4n) is 4.77. The molecule has 2 aliphatic rings. The van der Waals surface area contributed by atoms with Crippen LogP contribution >= 0.6 is 0 Å². The van der Waals surface area contributed by atoms with E-state index < -0.39 is 0 Å². The summed E-state index contributed by atoms with van der Waals surface area (Å²) in [5.74, 6) is -0.397. The molecule has 0 aliphatic heterocycles. The molecule has 2 saturated carbocycles. The molecular formula is C26H38O6. The summed E-state index contributed by atoms with van der Waals surface area (Å²) in [5.41, 5.74) is 0. The molecule has 2 aliphatic carbocycles. The van der Waals surface area contributed by atoms with Gasteiger partial charge in [-0.05, 0) is 50.4 Å². The fraction of sp³-hybridized carbons (Fsp3) is 0.692. The first-order valence-corrected chi connectivity index (χ1v) is 12.1. The van der Waals surface area contributed by atoms with Crippen LogP contribution < -0.4 is 0 Å². The predicted octanol–water partition coefficient (Wildman–Crippen LogP) is 4.76. The summed E-state index contributed by atoms with van der Waals surface area (Å²) in [6.45, 7) is 4.12. The maximum atomic E-state index is 12.2. The van der Waals surface area contributed by atoms with Crippen LogP contribution in [-0.4, -0.2) is 36.7 Å². The average molecular weight is 447 g/mol. The number of hydrogen-bond acceptors (Lipinski definition) is 6. The van der Waals surface area contributed by atoms with Crippen LogP contribution in [0.25, 0.3) is 0 Å². The van der Waals surface area contributed by atoms with Gasteiger partial charge in [0.1, 0.15) is 24.8 Å². The van der Waals surface area contributed by atoms with Gasteiger partial charge in [-0.3, -0.25) is 19.2 Å². The van der Waals surface area contributed by atoms with E-state index in [9.17, 15) is 19.2 Å². The number of esters is 2. The lowest BCUT2D eigenvalue weighted by Crippen LogP contribution is -2.21. The largest absolute Gasteiger partial charge is 0.462 e. The number of Topliss-reactive ketones (excluding diaryl/α,β-unsaturated/α-hetero) is 2. The Morgan fingerprint density at radius 2 is 1.16 bits per heavy atom. The predicted molar refractivity (Wildman–Crippen MR) is 122 cm³/mol. The van der Waals surface area contributed by atoms with Crippen molar-refractivity contribution in [1.82, 2.24) is 0 Å². The molecule has 6 heteroatoms. The van der Waals surface area contributed by atoms with Gasteiger partial charge in [0, 0.05) is 37.5 Å². The third kappa shape index (κ3) is 8.36. The lowest BCUT2D eigenvalue weighted by atomic mass is 9.89. The molecule has 4 atom stereocenters. The minimum Gasteiger partial charge on any atom is -0.462 e. The minimum atomic E-state index is -0.352. The highest BCUT2D eigenvalue weighted by Gasteiger charge is 2.36. The van der Waals surface area contributed by atoms with Gasteiger partial charge in [0.2, 0.25) is 0 Å². The van der Waals surface area contributed by atoms with Crippen molar-refractivity contribution in [2.24, 2.45) is 23.7 Å². The van der Waals surface area contributed by atoms with Crippen molar-refractivity contribution in [3.8, 4) is 0 Å².